The lowest BCUT2D eigenvalue weighted by Gasteiger charge is -1.91. The van der Waals surface area contributed by atoms with Crippen molar-refractivity contribution in [2.24, 2.45) is 0 Å². The Bertz CT molecular complexity index is 430. The second kappa shape index (κ2) is 4.04. The molecule has 2 rings (SSSR count). The van der Waals surface area contributed by atoms with E-state index in [1.807, 2.05) is 12.1 Å². The number of pyridine rings is 1. The fraction of sp³-hybridized carbons (Fsp3) is 0.111. The summed E-state index contributed by atoms with van der Waals surface area (Å²) < 4.78 is 0. The fourth-order valence-electron chi connectivity index (χ4n) is 1.05. The van der Waals surface area contributed by atoms with Gasteiger partial charge >= 0.3 is 0 Å². The second-order valence-electron chi connectivity index (χ2n) is 2.63. The molecule has 0 aliphatic rings. The molecule has 0 aliphatic heterocycles. The Morgan fingerprint density at radius 2 is 2.07 bits per heavy atom. The fourth-order valence-corrected chi connectivity index (χ4v) is 2.18. The smallest absolute Gasteiger partial charge is 0.146 e. The first kappa shape index (κ1) is 9.58. The zero-order valence-electron chi connectivity index (χ0n) is 7.14. The van der Waals surface area contributed by atoms with Gasteiger partial charge in [0.05, 0.1) is 11.5 Å². The highest BCUT2D eigenvalue weighted by Gasteiger charge is 2.09. The molecule has 0 saturated heterocycles. The number of rotatable bonds is 2. The standard InChI is InChI=1S/C9H7ClN2OS/c10-8-7(5-13)14-9(12-8)6-1-3-11-4-2-6/h1-4,13H,5H2. The maximum atomic E-state index is 8.95. The van der Waals surface area contributed by atoms with Crippen LogP contribution in [0.4, 0.5) is 0 Å². The quantitative estimate of drug-likeness (QED) is 0.855. The molecule has 0 aromatic carbocycles. The summed E-state index contributed by atoms with van der Waals surface area (Å²) in [6, 6.07) is 3.71. The largest absolute Gasteiger partial charge is 0.391 e. The summed E-state index contributed by atoms with van der Waals surface area (Å²) in [5.41, 5.74) is 0.964. The van der Waals surface area contributed by atoms with Crippen molar-refractivity contribution in [3.63, 3.8) is 0 Å². The van der Waals surface area contributed by atoms with Crippen molar-refractivity contribution in [3.05, 3.63) is 34.6 Å². The van der Waals surface area contributed by atoms with Gasteiger partial charge in [-0.05, 0) is 12.1 Å². The van der Waals surface area contributed by atoms with Crippen LogP contribution in [-0.4, -0.2) is 15.1 Å². The first-order valence-electron chi connectivity index (χ1n) is 3.97. The van der Waals surface area contributed by atoms with E-state index in [9.17, 15) is 0 Å². The molecule has 0 aliphatic carbocycles. The Labute approximate surface area is 90.0 Å². The van der Waals surface area contributed by atoms with Gasteiger partial charge in [0.15, 0.2) is 0 Å². The van der Waals surface area contributed by atoms with Crippen molar-refractivity contribution in [1.82, 2.24) is 9.97 Å². The zero-order chi connectivity index (χ0) is 9.97. The Hall–Kier alpha value is -0.970. The number of aliphatic hydroxyl groups is 1. The van der Waals surface area contributed by atoms with Crippen LogP contribution < -0.4 is 0 Å². The molecule has 2 aromatic rings. The molecule has 3 nitrogen and oxygen atoms in total. The van der Waals surface area contributed by atoms with Crippen molar-refractivity contribution >= 4 is 22.9 Å². The predicted octanol–water partition coefficient (Wildman–Crippen LogP) is 2.35. The molecule has 2 aromatic heterocycles. The van der Waals surface area contributed by atoms with Gasteiger partial charge in [-0.1, -0.05) is 11.6 Å². The number of thiazole rings is 1. The van der Waals surface area contributed by atoms with E-state index in [2.05, 4.69) is 9.97 Å². The van der Waals surface area contributed by atoms with E-state index in [1.54, 1.807) is 12.4 Å². The minimum absolute atomic E-state index is 0.0679. The van der Waals surface area contributed by atoms with Crippen molar-refractivity contribution < 1.29 is 5.11 Å². The van der Waals surface area contributed by atoms with Crippen LogP contribution in [-0.2, 0) is 6.61 Å². The van der Waals surface area contributed by atoms with Crippen LogP contribution in [0.5, 0.6) is 0 Å². The van der Waals surface area contributed by atoms with Crippen LogP contribution in [0, 0.1) is 0 Å². The third kappa shape index (κ3) is 1.77. The number of hydrogen-bond donors (Lipinski definition) is 1. The second-order valence-corrected chi connectivity index (χ2v) is 4.07. The third-order valence-electron chi connectivity index (χ3n) is 1.72. The summed E-state index contributed by atoms with van der Waals surface area (Å²) in [6.07, 6.45) is 3.40. The van der Waals surface area contributed by atoms with E-state index >= 15 is 0 Å². The number of nitrogens with zero attached hydrogens (tertiary/aromatic N) is 2. The molecule has 14 heavy (non-hydrogen) atoms. The highest BCUT2D eigenvalue weighted by molar-refractivity contribution is 7.15. The first-order chi connectivity index (χ1) is 6.81. The Morgan fingerprint density at radius 1 is 1.36 bits per heavy atom. The van der Waals surface area contributed by atoms with E-state index in [4.69, 9.17) is 16.7 Å². The summed E-state index contributed by atoms with van der Waals surface area (Å²) >= 11 is 7.21. The molecule has 72 valence electrons. The molecule has 1 N–H and O–H groups in total. The molecule has 2 heterocycles. The molecule has 0 spiro atoms. The summed E-state index contributed by atoms with van der Waals surface area (Å²) in [4.78, 5) is 8.76. The average molecular weight is 227 g/mol. The summed E-state index contributed by atoms with van der Waals surface area (Å²) in [7, 11) is 0. The molecule has 0 unspecified atom stereocenters. The number of hydrogen-bond acceptors (Lipinski definition) is 4. The van der Waals surface area contributed by atoms with E-state index in [1.165, 1.54) is 11.3 Å². The molecule has 0 saturated carbocycles. The maximum Gasteiger partial charge on any atom is 0.146 e. The van der Waals surface area contributed by atoms with Crippen LogP contribution in [0.1, 0.15) is 4.88 Å². The Balaban J connectivity index is 2.43. The summed E-state index contributed by atoms with van der Waals surface area (Å²) in [5, 5.41) is 10.1. The molecular weight excluding hydrogens is 220 g/mol. The van der Waals surface area contributed by atoms with Gasteiger partial charge < -0.3 is 5.11 Å². The van der Waals surface area contributed by atoms with Gasteiger partial charge in [-0.2, -0.15) is 0 Å². The monoisotopic (exact) mass is 226 g/mol. The van der Waals surface area contributed by atoms with Gasteiger partial charge in [0, 0.05) is 18.0 Å². The van der Waals surface area contributed by atoms with Gasteiger partial charge in [-0.15, -0.1) is 11.3 Å². The van der Waals surface area contributed by atoms with Gasteiger partial charge in [0.1, 0.15) is 10.2 Å². The minimum Gasteiger partial charge on any atom is -0.391 e. The van der Waals surface area contributed by atoms with Gasteiger partial charge in [-0.3, -0.25) is 4.98 Å². The highest BCUT2D eigenvalue weighted by atomic mass is 35.5. The zero-order valence-corrected chi connectivity index (χ0v) is 8.72. The molecule has 5 heteroatoms. The average Bonchev–Trinajstić information content (AvgIpc) is 2.61. The Morgan fingerprint density at radius 3 is 2.64 bits per heavy atom. The number of halogens is 1. The number of aromatic nitrogens is 2. The van der Waals surface area contributed by atoms with Crippen LogP contribution in [0.15, 0.2) is 24.5 Å². The number of aliphatic hydroxyl groups excluding tert-OH is 1. The topological polar surface area (TPSA) is 46.0 Å². The van der Waals surface area contributed by atoms with Crippen molar-refractivity contribution in [2.75, 3.05) is 0 Å². The van der Waals surface area contributed by atoms with Crippen molar-refractivity contribution in [1.29, 1.82) is 0 Å². The van der Waals surface area contributed by atoms with Crippen LogP contribution in [0.3, 0.4) is 0 Å². The molecule has 0 bridgehead atoms. The molecular formula is C9H7ClN2OS. The minimum atomic E-state index is -0.0679. The lowest BCUT2D eigenvalue weighted by Crippen LogP contribution is -1.76. The lowest BCUT2D eigenvalue weighted by atomic mass is 10.3. The van der Waals surface area contributed by atoms with Crippen LogP contribution in [0.2, 0.25) is 5.15 Å². The van der Waals surface area contributed by atoms with Crippen LogP contribution >= 0.6 is 22.9 Å². The van der Waals surface area contributed by atoms with Gasteiger partial charge in [0.25, 0.3) is 0 Å². The lowest BCUT2D eigenvalue weighted by molar-refractivity contribution is 0.285. The van der Waals surface area contributed by atoms with Crippen molar-refractivity contribution in [3.8, 4) is 10.6 Å². The molecule has 0 radical (unpaired) electrons. The van der Waals surface area contributed by atoms with Gasteiger partial charge in [-0.25, -0.2) is 4.98 Å². The SMILES string of the molecule is OCc1sc(-c2ccncc2)nc1Cl. The van der Waals surface area contributed by atoms with Crippen molar-refractivity contribution in [2.45, 2.75) is 6.61 Å². The predicted molar refractivity (Wildman–Crippen MR) is 56.3 cm³/mol. The van der Waals surface area contributed by atoms with Crippen LogP contribution in [0.25, 0.3) is 10.6 Å². The van der Waals surface area contributed by atoms with E-state index < -0.39 is 0 Å². The van der Waals surface area contributed by atoms with E-state index in [0.29, 0.717) is 10.0 Å². The molecule has 0 amide bonds. The normalized spacial score (nSPS) is 10.4. The van der Waals surface area contributed by atoms with E-state index in [-0.39, 0.29) is 6.61 Å². The highest BCUT2D eigenvalue weighted by Crippen LogP contribution is 2.30. The molecule has 0 atom stereocenters. The van der Waals surface area contributed by atoms with E-state index in [0.717, 1.165) is 10.6 Å². The summed E-state index contributed by atoms with van der Waals surface area (Å²) in [6.45, 7) is -0.0679. The third-order valence-corrected chi connectivity index (χ3v) is 3.23. The first-order valence-corrected chi connectivity index (χ1v) is 5.17. The molecule has 0 fully saturated rings. The summed E-state index contributed by atoms with van der Waals surface area (Å²) in [5.74, 6) is 0. The van der Waals surface area contributed by atoms with Gasteiger partial charge in [0.2, 0.25) is 0 Å². The Kier molecular flexibility index (Phi) is 2.77. The maximum absolute atomic E-state index is 8.95.